The van der Waals surface area contributed by atoms with E-state index in [2.05, 4.69) is 17.9 Å². The molecule has 0 saturated heterocycles. The van der Waals surface area contributed by atoms with Gasteiger partial charge >= 0.3 is 0 Å². The first-order valence-corrected chi connectivity index (χ1v) is 6.21. The van der Waals surface area contributed by atoms with Crippen molar-refractivity contribution in [1.29, 1.82) is 0 Å². The van der Waals surface area contributed by atoms with Crippen LogP contribution in [0.25, 0.3) is 0 Å². The van der Waals surface area contributed by atoms with Crippen molar-refractivity contribution in [2.45, 2.75) is 31.6 Å². The Labute approximate surface area is 108 Å². The second-order valence-electron chi connectivity index (χ2n) is 3.98. The summed E-state index contributed by atoms with van der Waals surface area (Å²) in [6.45, 7) is 2.49. The number of methoxy groups -OCH3 is 1. The molecule has 0 aliphatic carbocycles. The molecule has 3 nitrogen and oxygen atoms in total. The molecule has 0 bridgehead atoms. The molecule has 0 aromatic heterocycles. The maximum Gasteiger partial charge on any atom is 0.220 e. The zero-order chi connectivity index (χ0) is 12.7. The number of thiol groups is 1. The lowest BCUT2D eigenvalue weighted by Gasteiger charge is -2.10. The van der Waals surface area contributed by atoms with E-state index in [-0.39, 0.29) is 11.2 Å². The number of hydrogen-bond acceptors (Lipinski definition) is 3. The minimum atomic E-state index is 0.0526. The van der Waals surface area contributed by atoms with Crippen LogP contribution >= 0.6 is 12.6 Å². The van der Waals surface area contributed by atoms with E-state index in [1.807, 2.05) is 31.2 Å². The fourth-order valence-corrected chi connectivity index (χ4v) is 1.60. The number of ether oxygens (including phenoxy) is 1. The third-order valence-corrected chi connectivity index (χ3v) is 2.72. The summed E-state index contributed by atoms with van der Waals surface area (Å²) < 4.78 is 5.21. The van der Waals surface area contributed by atoms with Crippen molar-refractivity contribution in [3.8, 4) is 5.75 Å². The number of rotatable bonds is 6. The van der Waals surface area contributed by atoms with Gasteiger partial charge < -0.3 is 10.1 Å². The van der Waals surface area contributed by atoms with E-state index in [1.165, 1.54) is 0 Å². The standard InChI is InChI=1S/C13H19NO2S/c1-10(17)7-8-13(15)14-9-11-5-3-4-6-12(11)16-2/h3-6,10,17H,7-9H2,1-2H3,(H,14,15). The molecule has 1 rings (SSSR count). The first-order chi connectivity index (χ1) is 8.13. The van der Waals surface area contributed by atoms with Crippen LogP contribution in [0, 0.1) is 0 Å². The van der Waals surface area contributed by atoms with Crippen LogP contribution in [-0.2, 0) is 11.3 Å². The maximum absolute atomic E-state index is 11.5. The SMILES string of the molecule is COc1ccccc1CNC(=O)CCC(C)S. The van der Waals surface area contributed by atoms with Crippen LogP contribution in [0.2, 0.25) is 0 Å². The lowest BCUT2D eigenvalue weighted by Crippen LogP contribution is -2.23. The molecular formula is C13H19NO2S. The van der Waals surface area contributed by atoms with E-state index in [4.69, 9.17) is 4.74 Å². The summed E-state index contributed by atoms with van der Waals surface area (Å²) in [6, 6.07) is 7.67. The molecular weight excluding hydrogens is 234 g/mol. The second-order valence-corrected chi connectivity index (χ2v) is 4.86. The third kappa shape index (κ3) is 5.13. The van der Waals surface area contributed by atoms with Gasteiger partial charge in [-0.3, -0.25) is 4.79 Å². The molecule has 0 heterocycles. The molecule has 0 spiro atoms. The Hall–Kier alpha value is -1.16. The van der Waals surface area contributed by atoms with Crippen molar-refractivity contribution in [2.24, 2.45) is 0 Å². The Morgan fingerprint density at radius 3 is 2.82 bits per heavy atom. The summed E-state index contributed by atoms with van der Waals surface area (Å²) in [7, 11) is 1.63. The summed E-state index contributed by atoms with van der Waals surface area (Å²) in [5, 5.41) is 3.13. The Balaban J connectivity index is 2.42. The second kappa shape index (κ2) is 7.22. The Kier molecular flexibility index (Phi) is 5.91. The average molecular weight is 253 g/mol. The largest absolute Gasteiger partial charge is 0.496 e. The van der Waals surface area contributed by atoms with Gasteiger partial charge in [0.05, 0.1) is 7.11 Å². The van der Waals surface area contributed by atoms with E-state index in [0.29, 0.717) is 13.0 Å². The van der Waals surface area contributed by atoms with Crippen LogP contribution < -0.4 is 10.1 Å². The van der Waals surface area contributed by atoms with Gasteiger partial charge in [0.15, 0.2) is 0 Å². The Morgan fingerprint density at radius 1 is 1.47 bits per heavy atom. The molecule has 0 saturated carbocycles. The van der Waals surface area contributed by atoms with Gasteiger partial charge in [-0.15, -0.1) is 0 Å². The number of carbonyl (C=O) groups excluding carboxylic acids is 1. The Morgan fingerprint density at radius 2 is 2.18 bits per heavy atom. The summed E-state index contributed by atoms with van der Waals surface area (Å²) in [6.07, 6.45) is 1.31. The van der Waals surface area contributed by atoms with Crippen LogP contribution in [0.1, 0.15) is 25.3 Å². The maximum atomic E-state index is 11.5. The molecule has 0 radical (unpaired) electrons. The molecule has 1 unspecified atom stereocenters. The van der Waals surface area contributed by atoms with E-state index in [0.717, 1.165) is 17.7 Å². The van der Waals surface area contributed by atoms with Crippen molar-refractivity contribution >= 4 is 18.5 Å². The molecule has 4 heteroatoms. The number of hydrogen-bond donors (Lipinski definition) is 2. The van der Waals surface area contributed by atoms with Crippen LogP contribution in [0.15, 0.2) is 24.3 Å². The normalized spacial score (nSPS) is 11.9. The van der Waals surface area contributed by atoms with Crippen LogP contribution in [-0.4, -0.2) is 18.3 Å². The quantitative estimate of drug-likeness (QED) is 0.764. The van der Waals surface area contributed by atoms with E-state index < -0.39 is 0 Å². The monoisotopic (exact) mass is 253 g/mol. The molecule has 0 fully saturated rings. The fraction of sp³-hybridized carbons (Fsp3) is 0.462. The van der Waals surface area contributed by atoms with E-state index in [1.54, 1.807) is 7.11 Å². The van der Waals surface area contributed by atoms with Gasteiger partial charge in [-0.1, -0.05) is 25.1 Å². The van der Waals surface area contributed by atoms with Crippen molar-refractivity contribution in [3.63, 3.8) is 0 Å². The molecule has 1 aromatic rings. The molecule has 1 atom stereocenters. The highest BCUT2D eigenvalue weighted by molar-refractivity contribution is 7.80. The number of amides is 1. The van der Waals surface area contributed by atoms with Gasteiger partial charge in [0.2, 0.25) is 5.91 Å². The van der Waals surface area contributed by atoms with Crippen molar-refractivity contribution in [2.75, 3.05) is 7.11 Å². The highest BCUT2D eigenvalue weighted by Crippen LogP contribution is 2.16. The summed E-state index contributed by atoms with van der Waals surface area (Å²) in [4.78, 5) is 11.5. The number of nitrogens with one attached hydrogen (secondary N) is 1. The molecule has 0 aliphatic heterocycles. The molecule has 0 aliphatic rings. The van der Waals surface area contributed by atoms with Gasteiger partial charge in [0, 0.05) is 18.5 Å². The summed E-state index contributed by atoms with van der Waals surface area (Å²) in [5.74, 6) is 0.854. The molecule has 94 valence electrons. The summed E-state index contributed by atoms with van der Waals surface area (Å²) >= 11 is 4.24. The number of carbonyl (C=O) groups is 1. The highest BCUT2D eigenvalue weighted by atomic mass is 32.1. The van der Waals surface area contributed by atoms with Crippen LogP contribution in [0.3, 0.4) is 0 Å². The van der Waals surface area contributed by atoms with Gasteiger partial charge in [-0.25, -0.2) is 0 Å². The molecule has 1 amide bonds. The summed E-state index contributed by atoms with van der Waals surface area (Å²) in [5.41, 5.74) is 0.988. The molecule has 1 aromatic carbocycles. The van der Waals surface area contributed by atoms with Gasteiger partial charge in [0.25, 0.3) is 0 Å². The average Bonchev–Trinajstić information content (AvgIpc) is 2.34. The zero-order valence-corrected chi connectivity index (χ0v) is 11.2. The molecule has 1 N–H and O–H groups in total. The minimum Gasteiger partial charge on any atom is -0.496 e. The third-order valence-electron chi connectivity index (χ3n) is 2.46. The van der Waals surface area contributed by atoms with Crippen LogP contribution in [0.4, 0.5) is 0 Å². The number of para-hydroxylation sites is 1. The van der Waals surface area contributed by atoms with E-state index in [9.17, 15) is 4.79 Å². The van der Waals surface area contributed by atoms with Gasteiger partial charge in [0.1, 0.15) is 5.75 Å². The molecule has 17 heavy (non-hydrogen) atoms. The minimum absolute atomic E-state index is 0.0526. The van der Waals surface area contributed by atoms with Gasteiger partial charge in [-0.2, -0.15) is 12.6 Å². The van der Waals surface area contributed by atoms with Crippen LogP contribution in [0.5, 0.6) is 5.75 Å². The first-order valence-electron chi connectivity index (χ1n) is 5.70. The zero-order valence-electron chi connectivity index (χ0n) is 10.3. The van der Waals surface area contributed by atoms with Crippen molar-refractivity contribution in [1.82, 2.24) is 5.32 Å². The van der Waals surface area contributed by atoms with E-state index >= 15 is 0 Å². The van der Waals surface area contributed by atoms with Crippen molar-refractivity contribution < 1.29 is 9.53 Å². The van der Waals surface area contributed by atoms with Crippen molar-refractivity contribution in [3.05, 3.63) is 29.8 Å². The topological polar surface area (TPSA) is 38.3 Å². The highest BCUT2D eigenvalue weighted by Gasteiger charge is 2.05. The smallest absolute Gasteiger partial charge is 0.220 e. The fourth-order valence-electron chi connectivity index (χ4n) is 1.47. The first kappa shape index (κ1) is 13.9. The predicted molar refractivity (Wildman–Crippen MR) is 72.5 cm³/mol. The predicted octanol–water partition coefficient (Wildman–Crippen LogP) is 2.41. The lowest BCUT2D eigenvalue weighted by molar-refractivity contribution is -0.121. The Bertz CT molecular complexity index is 366. The van der Waals surface area contributed by atoms with Gasteiger partial charge in [-0.05, 0) is 17.7 Å². The number of benzene rings is 1. The lowest BCUT2D eigenvalue weighted by atomic mass is 10.2.